The number of nitrogens with zero attached hydrogens (tertiary/aromatic N) is 2. The molecule has 0 radical (unpaired) electrons. The fraction of sp³-hybridized carbons (Fsp3) is 0.241. The minimum atomic E-state index is -1.44. The van der Waals surface area contributed by atoms with Gasteiger partial charge in [0.15, 0.2) is 10.8 Å². The zero-order valence-corrected chi connectivity index (χ0v) is 23.4. The number of fused-ring (bicyclic) bond motifs is 1. The molecule has 1 aromatic heterocycles. The summed E-state index contributed by atoms with van der Waals surface area (Å²) in [5.74, 6) is -0.431. The van der Waals surface area contributed by atoms with E-state index in [0.29, 0.717) is 45.6 Å². The third-order valence-electron chi connectivity index (χ3n) is 6.60. The van der Waals surface area contributed by atoms with Gasteiger partial charge in [0.05, 0.1) is 18.7 Å². The monoisotopic (exact) mass is 583 g/mol. The van der Waals surface area contributed by atoms with Gasteiger partial charge in [0.1, 0.15) is 5.56 Å². The number of hydrogen-bond donors (Lipinski definition) is 1. The first kappa shape index (κ1) is 27.7. The summed E-state index contributed by atoms with van der Waals surface area (Å²) in [5.41, 5.74) is 2.06. The standard InChI is InChI=1S/C29H27Cl2N3O4S/c30-22-4-1-20(2-5-22)16-32-29(36)26-18-34(19-39(37)24-8-6-23(31)7-9-24)27-10-3-21(15-25(27)28(26)35)17-33-11-13-38-14-12-33/h1-10,15,18H,11-14,16-17,19H2,(H,32,36). The van der Waals surface area contributed by atoms with Crippen molar-refractivity contribution in [3.63, 3.8) is 0 Å². The number of benzene rings is 3. The number of aromatic nitrogens is 1. The number of carbonyl (C=O) groups is 1. The molecule has 1 unspecified atom stereocenters. The second-order valence-electron chi connectivity index (χ2n) is 9.32. The van der Waals surface area contributed by atoms with Gasteiger partial charge in [0.25, 0.3) is 5.91 Å². The van der Waals surface area contributed by atoms with Crippen LogP contribution in [0, 0.1) is 0 Å². The molecule has 2 heterocycles. The fourth-order valence-electron chi connectivity index (χ4n) is 4.50. The molecule has 10 heteroatoms. The van der Waals surface area contributed by atoms with E-state index in [0.717, 1.165) is 24.2 Å². The molecule has 0 bridgehead atoms. The van der Waals surface area contributed by atoms with Crippen molar-refractivity contribution < 1.29 is 14.1 Å². The molecule has 1 saturated heterocycles. The van der Waals surface area contributed by atoms with Crippen LogP contribution in [0.15, 0.2) is 82.6 Å². The Hall–Kier alpha value is -2.85. The van der Waals surface area contributed by atoms with Gasteiger partial charge in [-0.25, -0.2) is 0 Å². The van der Waals surface area contributed by atoms with Crippen molar-refractivity contribution in [3.05, 3.63) is 110 Å². The molecule has 1 atom stereocenters. The topological polar surface area (TPSA) is 86.6 Å². The van der Waals surface area contributed by atoms with Gasteiger partial charge in [-0.2, -0.15) is 0 Å². The molecule has 0 spiro atoms. The summed E-state index contributed by atoms with van der Waals surface area (Å²) in [6.07, 6.45) is 1.50. The van der Waals surface area contributed by atoms with Gasteiger partial charge in [-0.1, -0.05) is 41.4 Å². The van der Waals surface area contributed by atoms with Crippen LogP contribution in [-0.4, -0.2) is 46.2 Å². The Balaban J connectivity index is 1.48. The first-order valence-electron chi connectivity index (χ1n) is 12.5. The van der Waals surface area contributed by atoms with E-state index in [9.17, 15) is 14.1 Å². The lowest BCUT2D eigenvalue weighted by atomic mass is 10.1. The van der Waals surface area contributed by atoms with Crippen LogP contribution < -0.4 is 10.7 Å². The van der Waals surface area contributed by atoms with Gasteiger partial charge < -0.3 is 19.2 Å². The van der Waals surface area contributed by atoms with Gasteiger partial charge in [-0.3, -0.25) is 14.5 Å². The summed E-state index contributed by atoms with van der Waals surface area (Å²) in [5, 5.41) is 4.39. The van der Waals surface area contributed by atoms with E-state index in [1.54, 1.807) is 41.0 Å². The third kappa shape index (κ3) is 6.84. The average molecular weight is 585 g/mol. The Kier molecular flexibility index (Phi) is 8.92. The van der Waals surface area contributed by atoms with Crippen LogP contribution in [0.1, 0.15) is 21.5 Å². The summed E-state index contributed by atoms with van der Waals surface area (Å²) >= 11 is 10.5. The van der Waals surface area contributed by atoms with Crippen molar-refractivity contribution in [2.45, 2.75) is 23.9 Å². The first-order chi connectivity index (χ1) is 18.9. The summed E-state index contributed by atoms with van der Waals surface area (Å²) < 4.78 is 20.4. The second-order valence-corrected chi connectivity index (χ2v) is 11.6. The van der Waals surface area contributed by atoms with E-state index in [-0.39, 0.29) is 23.4 Å². The normalized spacial score (nSPS) is 14.8. The van der Waals surface area contributed by atoms with Gasteiger partial charge in [0, 0.05) is 59.0 Å². The van der Waals surface area contributed by atoms with E-state index in [1.165, 1.54) is 6.20 Å². The summed E-state index contributed by atoms with van der Waals surface area (Å²) in [6.45, 7) is 3.89. The highest BCUT2D eigenvalue weighted by Crippen LogP contribution is 2.21. The Morgan fingerprint density at radius 1 is 0.949 bits per heavy atom. The lowest BCUT2D eigenvalue weighted by molar-refractivity contribution is 0.0342. The lowest BCUT2D eigenvalue weighted by Crippen LogP contribution is -2.35. The molecule has 5 rings (SSSR count). The van der Waals surface area contributed by atoms with Crippen LogP contribution in [0.2, 0.25) is 10.0 Å². The minimum absolute atomic E-state index is 0.00640. The number of amides is 1. The zero-order chi connectivity index (χ0) is 27.4. The van der Waals surface area contributed by atoms with E-state index in [2.05, 4.69) is 10.2 Å². The van der Waals surface area contributed by atoms with Gasteiger partial charge >= 0.3 is 0 Å². The second kappa shape index (κ2) is 12.6. The van der Waals surface area contributed by atoms with Crippen LogP contribution >= 0.6 is 23.2 Å². The minimum Gasteiger partial charge on any atom is -0.610 e. The van der Waals surface area contributed by atoms with Crippen LogP contribution in [0.3, 0.4) is 0 Å². The van der Waals surface area contributed by atoms with E-state index < -0.39 is 17.1 Å². The van der Waals surface area contributed by atoms with Gasteiger partial charge in [-0.05, 0) is 59.7 Å². The van der Waals surface area contributed by atoms with Crippen molar-refractivity contribution in [1.82, 2.24) is 14.8 Å². The maximum absolute atomic E-state index is 13.6. The summed E-state index contributed by atoms with van der Waals surface area (Å²) in [7, 11) is 0. The molecule has 1 N–H and O–H groups in total. The van der Waals surface area contributed by atoms with Crippen LogP contribution in [0.4, 0.5) is 0 Å². The predicted octanol–water partition coefficient (Wildman–Crippen LogP) is 4.84. The smallest absolute Gasteiger partial charge is 0.257 e. The molecular formula is C29H27Cl2N3O4S. The average Bonchev–Trinajstić information content (AvgIpc) is 2.95. The molecule has 4 aromatic rings. The number of hydrogen-bond acceptors (Lipinski definition) is 5. The quantitative estimate of drug-likeness (QED) is 0.300. The summed E-state index contributed by atoms with van der Waals surface area (Å²) in [6, 6.07) is 19.6. The Bertz CT molecular complexity index is 1520. The van der Waals surface area contributed by atoms with E-state index in [4.69, 9.17) is 27.9 Å². The maximum Gasteiger partial charge on any atom is 0.257 e. The number of morpholine rings is 1. The number of halogens is 2. The molecule has 0 aliphatic carbocycles. The Morgan fingerprint density at radius 2 is 1.59 bits per heavy atom. The highest BCUT2D eigenvalue weighted by molar-refractivity contribution is 7.90. The molecule has 202 valence electrons. The van der Waals surface area contributed by atoms with E-state index in [1.807, 2.05) is 30.3 Å². The van der Waals surface area contributed by atoms with Crippen LogP contribution in [0.25, 0.3) is 10.9 Å². The summed E-state index contributed by atoms with van der Waals surface area (Å²) in [4.78, 5) is 29.7. The molecule has 0 saturated carbocycles. The molecule has 7 nitrogen and oxygen atoms in total. The largest absolute Gasteiger partial charge is 0.610 e. The van der Waals surface area contributed by atoms with Crippen LogP contribution in [-0.2, 0) is 34.9 Å². The van der Waals surface area contributed by atoms with Crippen molar-refractivity contribution in [2.24, 2.45) is 0 Å². The van der Waals surface area contributed by atoms with E-state index >= 15 is 0 Å². The molecular weight excluding hydrogens is 557 g/mol. The van der Waals surface area contributed by atoms with Gasteiger partial charge in [0.2, 0.25) is 5.43 Å². The fourth-order valence-corrected chi connectivity index (χ4v) is 5.80. The Morgan fingerprint density at radius 3 is 2.28 bits per heavy atom. The van der Waals surface area contributed by atoms with Gasteiger partial charge in [-0.15, -0.1) is 0 Å². The maximum atomic E-state index is 13.6. The number of carbonyl (C=O) groups excluding carboxylic acids is 1. The predicted molar refractivity (Wildman–Crippen MR) is 155 cm³/mol. The highest BCUT2D eigenvalue weighted by Gasteiger charge is 2.20. The van der Waals surface area contributed by atoms with Crippen LogP contribution in [0.5, 0.6) is 0 Å². The molecule has 39 heavy (non-hydrogen) atoms. The highest BCUT2D eigenvalue weighted by atomic mass is 35.5. The molecule has 1 aliphatic heterocycles. The number of ether oxygens (including phenoxy) is 1. The number of nitrogens with one attached hydrogen (secondary N) is 1. The van der Waals surface area contributed by atoms with Crippen molar-refractivity contribution in [1.29, 1.82) is 0 Å². The van der Waals surface area contributed by atoms with Crippen molar-refractivity contribution in [3.8, 4) is 0 Å². The molecule has 1 fully saturated rings. The zero-order valence-electron chi connectivity index (χ0n) is 21.1. The van der Waals surface area contributed by atoms with Crippen molar-refractivity contribution in [2.75, 3.05) is 26.3 Å². The lowest BCUT2D eigenvalue weighted by Gasteiger charge is -2.26. The first-order valence-corrected chi connectivity index (χ1v) is 14.6. The molecule has 1 aliphatic rings. The van der Waals surface area contributed by atoms with Crippen molar-refractivity contribution >= 4 is 51.2 Å². The third-order valence-corrected chi connectivity index (χ3v) is 8.41. The molecule has 3 aromatic carbocycles. The number of rotatable bonds is 8. The SMILES string of the molecule is O=C(NCc1ccc(Cl)cc1)c1cn(C[S+]([O-])c2ccc(Cl)cc2)c2ccc(CN3CCOCC3)cc2c1=O. The number of pyridine rings is 1. The molecule has 1 amide bonds. The Labute approximate surface area is 239 Å².